The molecule has 29 heavy (non-hydrogen) atoms. The fourth-order valence-corrected chi connectivity index (χ4v) is 3.55. The van der Waals surface area contributed by atoms with E-state index in [1.165, 1.54) is 42.5 Å². The number of hydrogen-bond acceptors (Lipinski definition) is 9. The Bertz CT molecular complexity index is 1130. The predicted molar refractivity (Wildman–Crippen MR) is 104 cm³/mol. The number of nitrogen functional groups attached to an aromatic ring is 1. The highest BCUT2D eigenvalue weighted by atomic mass is 32.3. The Kier molecular flexibility index (Phi) is 6.86. The van der Waals surface area contributed by atoms with Crippen molar-refractivity contribution in [2.24, 2.45) is 16.0 Å². The third-order valence-corrected chi connectivity index (χ3v) is 5.51. The van der Waals surface area contributed by atoms with Crippen LogP contribution >= 0.6 is 0 Å². The van der Waals surface area contributed by atoms with Gasteiger partial charge in [0.15, 0.2) is 9.84 Å². The summed E-state index contributed by atoms with van der Waals surface area (Å²) in [6, 6.07) is 9.05. The summed E-state index contributed by atoms with van der Waals surface area (Å²) in [5.74, 6) is -0.643. The monoisotopic (exact) mass is 443 g/mol. The number of urea groups is 1. The molecule has 14 heteroatoms. The molecule has 2 aromatic rings. The summed E-state index contributed by atoms with van der Waals surface area (Å²) < 4.78 is 57.6. The molecule has 0 aliphatic carbocycles. The number of amides is 2. The number of anilines is 2. The topological polar surface area (TPSA) is 204 Å². The van der Waals surface area contributed by atoms with E-state index in [1.54, 1.807) is 0 Å². The van der Waals surface area contributed by atoms with Crippen molar-refractivity contribution in [3.05, 3.63) is 42.5 Å². The van der Waals surface area contributed by atoms with Gasteiger partial charge in [-0.25, -0.2) is 17.4 Å². The Hall–Kier alpha value is -3.07. The van der Waals surface area contributed by atoms with Crippen LogP contribution in [-0.2, 0) is 24.4 Å². The van der Waals surface area contributed by atoms with Crippen LogP contribution in [0.3, 0.4) is 0 Å². The molecule has 0 heterocycles. The lowest BCUT2D eigenvalue weighted by Gasteiger charge is -2.05. The first-order valence-corrected chi connectivity index (χ1v) is 10.8. The maximum absolute atomic E-state index is 12.1. The molecule has 0 aliphatic heterocycles. The summed E-state index contributed by atoms with van der Waals surface area (Å²) >= 11 is 0. The Morgan fingerprint density at radius 1 is 1.07 bits per heavy atom. The van der Waals surface area contributed by atoms with Gasteiger partial charge < -0.3 is 16.8 Å². The molecule has 156 valence electrons. The van der Waals surface area contributed by atoms with Crippen molar-refractivity contribution in [3.63, 3.8) is 0 Å². The average Bonchev–Trinajstić information content (AvgIpc) is 2.59. The second-order valence-corrected chi connectivity index (χ2v) is 8.73. The van der Waals surface area contributed by atoms with Gasteiger partial charge in [-0.1, -0.05) is 0 Å². The summed E-state index contributed by atoms with van der Waals surface area (Å²) in [6.45, 7) is -0.720. The first-order valence-electron chi connectivity index (χ1n) is 7.79. The van der Waals surface area contributed by atoms with Gasteiger partial charge in [0.05, 0.1) is 28.6 Å². The van der Waals surface area contributed by atoms with Gasteiger partial charge in [0.25, 0.3) is 0 Å². The Morgan fingerprint density at radius 3 is 2.28 bits per heavy atom. The van der Waals surface area contributed by atoms with Gasteiger partial charge in [0.1, 0.15) is 5.69 Å². The number of carbonyl (C=O) groups excluding carboxylic acids is 1. The Labute approximate surface area is 166 Å². The molecule has 0 unspecified atom stereocenters. The third kappa shape index (κ3) is 7.11. The molecule has 2 aromatic carbocycles. The minimum atomic E-state index is -4.71. The van der Waals surface area contributed by atoms with Crippen LogP contribution in [-0.4, -0.2) is 39.8 Å². The SMILES string of the molecule is NC(=O)Nc1ccc(N=Nc2ccc(S(=O)(=O)CCOS(=O)(=O)O)cc2)c(N)c1. The molecule has 0 aromatic heterocycles. The largest absolute Gasteiger partial charge is 0.397 e. The highest BCUT2D eigenvalue weighted by Gasteiger charge is 2.16. The molecule has 0 fully saturated rings. The van der Waals surface area contributed by atoms with Crippen molar-refractivity contribution in [3.8, 4) is 0 Å². The molecule has 0 saturated carbocycles. The number of carbonyl (C=O) groups is 1. The Balaban J connectivity index is 2.07. The molecule has 0 bridgehead atoms. The van der Waals surface area contributed by atoms with Gasteiger partial charge in [0, 0.05) is 5.69 Å². The normalized spacial score (nSPS) is 12.2. The first-order chi connectivity index (χ1) is 13.5. The fraction of sp³-hybridized carbons (Fsp3) is 0.133. The van der Waals surface area contributed by atoms with E-state index >= 15 is 0 Å². The quantitative estimate of drug-likeness (QED) is 0.268. The molecule has 12 nitrogen and oxygen atoms in total. The number of rotatable bonds is 8. The van der Waals surface area contributed by atoms with Crippen LogP contribution in [0, 0.1) is 0 Å². The second kappa shape index (κ2) is 8.95. The van der Waals surface area contributed by atoms with Crippen molar-refractivity contribution in [1.82, 2.24) is 0 Å². The first kappa shape index (κ1) is 22.2. The van der Waals surface area contributed by atoms with E-state index in [4.69, 9.17) is 16.0 Å². The summed E-state index contributed by atoms with van der Waals surface area (Å²) in [4.78, 5) is 10.7. The highest BCUT2D eigenvalue weighted by Crippen LogP contribution is 2.28. The lowest BCUT2D eigenvalue weighted by Crippen LogP contribution is -2.19. The molecule has 6 N–H and O–H groups in total. The van der Waals surface area contributed by atoms with E-state index in [1.807, 2.05) is 0 Å². The lowest BCUT2D eigenvalue weighted by atomic mass is 10.2. The van der Waals surface area contributed by atoms with Gasteiger partial charge in [0.2, 0.25) is 0 Å². The van der Waals surface area contributed by atoms with Crippen molar-refractivity contribution in [1.29, 1.82) is 0 Å². The second-order valence-electron chi connectivity index (χ2n) is 5.53. The molecule has 0 atom stereocenters. The van der Waals surface area contributed by atoms with Crippen LogP contribution in [0.4, 0.5) is 27.5 Å². The number of hydrogen-bond donors (Lipinski definition) is 4. The zero-order valence-electron chi connectivity index (χ0n) is 14.7. The number of nitrogens with zero attached hydrogens (tertiary/aromatic N) is 2. The predicted octanol–water partition coefficient (Wildman–Crippen LogP) is 1.77. The number of sulfone groups is 1. The molecule has 2 amide bonds. The van der Waals surface area contributed by atoms with Crippen molar-refractivity contribution >= 4 is 49.0 Å². The molecular weight excluding hydrogens is 426 g/mol. The molecule has 0 aliphatic rings. The van der Waals surface area contributed by atoms with Crippen LogP contribution in [0.2, 0.25) is 0 Å². The van der Waals surface area contributed by atoms with E-state index in [0.717, 1.165) is 0 Å². The fourth-order valence-electron chi connectivity index (χ4n) is 2.06. The zero-order valence-corrected chi connectivity index (χ0v) is 16.4. The van der Waals surface area contributed by atoms with Gasteiger partial charge in [-0.2, -0.15) is 13.5 Å². The van der Waals surface area contributed by atoms with E-state index in [-0.39, 0.29) is 10.6 Å². The number of azo groups is 1. The summed E-state index contributed by atoms with van der Waals surface area (Å²) in [6.07, 6.45) is 0. The van der Waals surface area contributed by atoms with Crippen LogP contribution in [0.15, 0.2) is 57.6 Å². The molecule has 0 spiro atoms. The lowest BCUT2D eigenvalue weighted by molar-refractivity contribution is 0.259. The van der Waals surface area contributed by atoms with E-state index in [9.17, 15) is 21.6 Å². The number of nitrogens with one attached hydrogen (secondary N) is 1. The summed E-state index contributed by atoms with van der Waals surface area (Å²) in [5.41, 5.74) is 12.1. The van der Waals surface area contributed by atoms with E-state index in [2.05, 4.69) is 19.7 Å². The maximum Gasteiger partial charge on any atom is 0.397 e. The van der Waals surface area contributed by atoms with Crippen LogP contribution in [0.25, 0.3) is 0 Å². The van der Waals surface area contributed by atoms with Gasteiger partial charge in [-0.15, -0.1) is 5.11 Å². The number of primary amides is 1. The van der Waals surface area contributed by atoms with Crippen molar-refractivity contribution in [2.75, 3.05) is 23.4 Å². The maximum atomic E-state index is 12.1. The third-order valence-electron chi connectivity index (χ3n) is 3.35. The number of benzene rings is 2. The molecule has 2 rings (SSSR count). The summed E-state index contributed by atoms with van der Waals surface area (Å²) in [7, 11) is -8.54. The van der Waals surface area contributed by atoms with Crippen LogP contribution in [0.5, 0.6) is 0 Å². The van der Waals surface area contributed by atoms with E-state index in [0.29, 0.717) is 17.1 Å². The van der Waals surface area contributed by atoms with Crippen molar-refractivity contribution < 1.29 is 30.4 Å². The standard InChI is InChI=1S/C15H17N5O7S2/c16-13-9-11(18-15(17)21)3-6-14(13)20-19-10-1-4-12(5-2-10)28(22,23)8-7-27-29(24,25)26/h1-6,9H,7-8,16H2,(H3,17,18,21)(H,24,25,26). The molecule has 0 radical (unpaired) electrons. The smallest absolute Gasteiger partial charge is 0.397 e. The summed E-state index contributed by atoms with van der Waals surface area (Å²) in [5, 5.41) is 10.3. The molecular formula is C15H17N5O7S2. The Morgan fingerprint density at radius 2 is 1.72 bits per heavy atom. The van der Waals surface area contributed by atoms with Crippen molar-refractivity contribution in [2.45, 2.75) is 4.90 Å². The minimum absolute atomic E-state index is 0.0863. The minimum Gasteiger partial charge on any atom is -0.397 e. The van der Waals surface area contributed by atoms with E-state index < -0.39 is 38.6 Å². The van der Waals surface area contributed by atoms with Gasteiger partial charge in [-0.3, -0.25) is 4.55 Å². The highest BCUT2D eigenvalue weighted by molar-refractivity contribution is 7.91. The molecule has 0 saturated heterocycles. The van der Waals surface area contributed by atoms with Crippen LogP contribution < -0.4 is 16.8 Å². The van der Waals surface area contributed by atoms with Crippen LogP contribution in [0.1, 0.15) is 0 Å². The zero-order chi connectivity index (χ0) is 21.7. The van der Waals surface area contributed by atoms with Gasteiger partial charge in [-0.05, 0) is 42.5 Å². The van der Waals surface area contributed by atoms with Gasteiger partial charge >= 0.3 is 16.4 Å². The average molecular weight is 443 g/mol. The number of nitrogens with two attached hydrogens (primary N) is 2.